The molecule has 0 saturated heterocycles. The predicted molar refractivity (Wildman–Crippen MR) is 85.1 cm³/mol. The fraction of sp³-hybridized carbons (Fsp3) is 0.812. The van der Waals surface area contributed by atoms with Crippen molar-refractivity contribution in [1.82, 2.24) is 0 Å². The summed E-state index contributed by atoms with van der Waals surface area (Å²) in [5.74, 6) is -0.0981. The van der Waals surface area contributed by atoms with Crippen LogP contribution in [0.4, 0.5) is 0 Å². The molecule has 6 nitrogen and oxygen atoms in total. The number of aliphatic carboxylic acids is 1. The van der Waals surface area contributed by atoms with E-state index in [2.05, 4.69) is 22.4 Å². The van der Waals surface area contributed by atoms with Gasteiger partial charge in [0.05, 0.1) is 12.1 Å². The van der Waals surface area contributed by atoms with Crippen LogP contribution in [0, 0.1) is 34.5 Å². The first-order valence-corrected chi connectivity index (χ1v) is 7.36. The summed E-state index contributed by atoms with van der Waals surface area (Å²) in [5, 5.41) is 34.1. The van der Waals surface area contributed by atoms with Crippen molar-refractivity contribution in [3.05, 3.63) is 0 Å². The maximum atomic E-state index is 9.20. The molecule has 0 aromatic heterocycles. The summed E-state index contributed by atoms with van der Waals surface area (Å²) >= 11 is 0. The third kappa shape index (κ3) is 11.8. The van der Waals surface area contributed by atoms with Crippen LogP contribution in [0.3, 0.4) is 0 Å². The summed E-state index contributed by atoms with van der Waals surface area (Å²) in [6.07, 6.45) is 1.30. The predicted octanol–water partition coefficient (Wildman–Crippen LogP) is 4.19. The maximum Gasteiger partial charge on any atom is 0.300 e. The van der Waals surface area contributed by atoms with Crippen LogP contribution in [0.2, 0.25) is 0 Å². The summed E-state index contributed by atoms with van der Waals surface area (Å²) in [6.45, 7) is 12.8. The highest BCUT2D eigenvalue weighted by Gasteiger charge is 2.29. The lowest BCUT2D eigenvalue weighted by Crippen LogP contribution is -2.26. The van der Waals surface area contributed by atoms with Gasteiger partial charge in [0.15, 0.2) is 11.1 Å². The van der Waals surface area contributed by atoms with Gasteiger partial charge in [0, 0.05) is 6.92 Å². The molecule has 0 radical (unpaired) electrons. The van der Waals surface area contributed by atoms with Crippen LogP contribution in [0.5, 0.6) is 0 Å². The monoisotopic (exact) mass is 308 g/mol. The van der Waals surface area contributed by atoms with E-state index in [1.54, 1.807) is 13.8 Å². The van der Waals surface area contributed by atoms with E-state index in [0.717, 1.165) is 6.92 Å². The summed E-state index contributed by atoms with van der Waals surface area (Å²) < 4.78 is 0. The second kappa shape index (κ2) is 9.89. The summed E-state index contributed by atoms with van der Waals surface area (Å²) in [6, 6.07) is 4.38. The van der Waals surface area contributed by atoms with E-state index in [4.69, 9.17) is 9.90 Å². The summed E-state index contributed by atoms with van der Waals surface area (Å²) in [7, 11) is 0. The molecule has 2 unspecified atom stereocenters. The molecular formula is C16H28N4O2. The molecule has 0 aliphatic carbocycles. The highest BCUT2D eigenvalue weighted by Crippen LogP contribution is 2.25. The smallest absolute Gasteiger partial charge is 0.300 e. The van der Waals surface area contributed by atoms with Crippen molar-refractivity contribution >= 4 is 5.97 Å². The second-order valence-corrected chi connectivity index (χ2v) is 6.69. The first-order chi connectivity index (χ1) is 9.89. The van der Waals surface area contributed by atoms with Gasteiger partial charge in [0.1, 0.15) is 0 Å². The topological polar surface area (TPSA) is 110 Å². The van der Waals surface area contributed by atoms with E-state index in [9.17, 15) is 10.5 Å². The average molecular weight is 308 g/mol. The molecule has 0 fully saturated rings. The molecule has 0 saturated carbocycles. The molecule has 0 aromatic carbocycles. The van der Waals surface area contributed by atoms with E-state index in [1.807, 2.05) is 27.7 Å². The molecule has 0 aliphatic rings. The minimum atomic E-state index is -0.833. The Morgan fingerprint density at radius 3 is 1.36 bits per heavy atom. The Balaban J connectivity index is 0. The summed E-state index contributed by atoms with van der Waals surface area (Å²) in [5.41, 5.74) is -1.66. The highest BCUT2D eigenvalue weighted by atomic mass is 16.4. The number of carbonyl (C=O) groups is 1. The van der Waals surface area contributed by atoms with Crippen molar-refractivity contribution in [2.45, 2.75) is 72.4 Å². The molecule has 0 heterocycles. The molecule has 0 aliphatic heterocycles. The van der Waals surface area contributed by atoms with E-state index < -0.39 is 17.0 Å². The largest absolute Gasteiger partial charge is 0.481 e. The molecule has 0 amide bonds. The molecule has 1 N–H and O–H groups in total. The van der Waals surface area contributed by atoms with Crippen LogP contribution in [-0.2, 0) is 4.79 Å². The molecule has 0 rings (SSSR count). The molecular weight excluding hydrogens is 280 g/mol. The highest BCUT2D eigenvalue weighted by molar-refractivity contribution is 5.62. The van der Waals surface area contributed by atoms with Gasteiger partial charge in [0.25, 0.3) is 5.97 Å². The number of carboxylic acid groups (broad SMARTS) is 1. The Hall–Kier alpha value is -1.95. The van der Waals surface area contributed by atoms with Gasteiger partial charge in [-0.15, -0.1) is 0 Å². The third-order valence-electron chi connectivity index (χ3n) is 2.58. The molecule has 124 valence electrons. The lowest BCUT2D eigenvalue weighted by atomic mass is 9.92. The SMILES string of the molecule is CC(=O)O.CC(C)CC(C)(C#N)N=NC(C)(C#N)CC(C)C. The van der Waals surface area contributed by atoms with Gasteiger partial charge in [-0.1, -0.05) is 27.7 Å². The number of hydrogen-bond acceptors (Lipinski definition) is 5. The number of azo groups is 1. The molecule has 0 bridgehead atoms. The standard InChI is InChI=1S/C14H24N4.C2H4O2/c1-11(2)7-13(5,9-15)17-18-14(6,10-16)8-12(3)4;1-2(3)4/h11-12H,7-8H2,1-6H3;1H3,(H,3,4). The Morgan fingerprint density at radius 2 is 1.23 bits per heavy atom. The minimum absolute atomic E-state index is 0.368. The van der Waals surface area contributed by atoms with Gasteiger partial charge >= 0.3 is 0 Å². The normalized spacial score (nSPS) is 16.1. The minimum Gasteiger partial charge on any atom is -0.481 e. The Kier molecular flexibility index (Phi) is 10.0. The molecule has 0 aromatic rings. The van der Waals surface area contributed by atoms with Gasteiger partial charge in [-0.25, -0.2) is 0 Å². The third-order valence-corrected chi connectivity index (χ3v) is 2.58. The molecule has 22 heavy (non-hydrogen) atoms. The number of nitriles is 2. The van der Waals surface area contributed by atoms with Crippen molar-refractivity contribution in [1.29, 1.82) is 10.5 Å². The Morgan fingerprint density at radius 1 is 1.00 bits per heavy atom. The van der Waals surface area contributed by atoms with Gasteiger partial charge in [0.2, 0.25) is 0 Å². The van der Waals surface area contributed by atoms with Crippen LogP contribution < -0.4 is 0 Å². The number of hydrogen-bond donors (Lipinski definition) is 1. The zero-order chi connectivity index (χ0) is 18.0. The zero-order valence-corrected chi connectivity index (χ0v) is 14.7. The van der Waals surface area contributed by atoms with E-state index in [-0.39, 0.29) is 0 Å². The summed E-state index contributed by atoms with van der Waals surface area (Å²) in [4.78, 5) is 9.00. The fourth-order valence-corrected chi connectivity index (χ4v) is 2.03. The molecule has 6 heteroatoms. The Labute approximate surface area is 133 Å². The molecule has 2 atom stereocenters. The van der Waals surface area contributed by atoms with Crippen molar-refractivity contribution in [3.8, 4) is 12.1 Å². The second-order valence-electron chi connectivity index (χ2n) is 6.69. The van der Waals surface area contributed by atoms with Crippen LogP contribution in [0.1, 0.15) is 61.3 Å². The lowest BCUT2D eigenvalue weighted by Gasteiger charge is -2.22. The van der Waals surface area contributed by atoms with Crippen molar-refractivity contribution in [2.24, 2.45) is 22.1 Å². The fourth-order valence-electron chi connectivity index (χ4n) is 2.03. The quantitative estimate of drug-likeness (QED) is 0.742. The van der Waals surface area contributed by atoms with Crippen LogP contribution >= 0.6 is 0 Å². The zero-order valence-electron chi connectivity index (χ0n) is 14.7. The van der Waals surface area contributed by atoms with Gasteiger partial charge < -0.3 is 5.11 Å². The maximum absolute atomic E-state index is 9.20. The average Bonchev–Trinajstić information content (AvgIpc) is 2.34. The Bertz CT molecular complexity index is 420. The van der Waals surface area contributed by atoms with E-state index >= 15 is 0 Å². The van der Waals surface area contributed by atoms with Crippen molar-refractivity contribution in [3.63, 3.8) is 0 Å². The van der Waals surface area contributed by atoms with Crippen LogP contribution in [0.15, 0.2) is 10.2 Å². The first-order valence-electron chi connectivity index (χ1n) is 7.36. The van der Waals surface area contributed by atoms with Gasteiger partial charge in [-0.2, -0.15) is 20.8 Å². The van der Waals surface area contributed by atoms with Gasteiger partial charge in [-0.05, 0) is 38.5 Å². The van der Waals surface area contributed by atoms with Crippen LogP contribution in [-0.4, -0.2) is 22.2 Å². The first kappa shape index (κ1) is 22.3. The van der Waals surface area contributed by atoms with Crippen molar-refractivity contribution in [2.75, 3.05) is 0 Å². The van der Waals surface area contributed by atoms with Crippen molar-refractivity contribution < 1.29 is 9.90 Å². The van der Waals surface area contributed by atoms with Gasteiger partial charge in [-0.3, -0.25) is 4.79 Å². The number of rotatable bonds is 6. The van der Waals surface area contributed by atoms with Crippen LogP contribution in [0.25, 0.3) is 0 Å². The lowest BCUT2D eigenvalue weighted by molar-refractivity contribution is -0.134. The number of nitrogens with zero attached hydrogens (tertiary/aromatic N) is 4. The number of carboxylic acids is 1. The molecule has 0 spiro atoms. The van der Waals surface area contributed by atoms with E-state index in [0.29, 0.717) is 24.7 Å². The van der Waals surface area contributed by atoms with E-state index in [1.165, 1.54) is 0 Å².